The molecule has 2 saturated heterocycles. The normalized spacial score (nSPS) is 19.9. The molecule has 3 aromatic heterocycles. The van der Waals surface area contributed by atoms with Gasteiger partial charge >= 0.3 is 0 Å². The van der Waals surface area contributed by atoms with Gasteiger partial charge in [0.05, 0.1) is 0 Å². The number of hydrogen-bond acceptors (Lipinski definition) is 7. The van der Waals surface area contributed by atoms with Crippen LogP contribution in [0.2, 0.25) is 0 Å². The van der Waals surface area contributed by atoms with E-state index in [1.807, 2.05) is 23.8 Å². The third-order valence-corrected chi connectivity index (χ3v) is 9.37. The summed E-state index contributed by atoms with van der Waals surface area (Å²) in [7, 11) is 2.16. The van der Waals surface area contributed by atoms with Crippen LogP contribution in [0, 0.1) is 18.8 Å². The zero-order chi connectivity index (χ0) is 28.6. The van der Waals surface area contributed by atoms with Crippen molar-refractivity contribution < 1.29 is 0 Å². The molecule has 5 heterocycles. The van der Waals surface area contributed by atoms with Crippen molar-refractivity contribution >= 4 is 22.7 Å². The van der Waals surface area contributed by atoms with Crippen LogP contribution in [-0.4, -0.2) is 57.6 Å². The number of aryl methyl sites for hydroxylation is 1. The smallest absolute Gasteiger partial charge is 0.260 e. The molecule has 8 heteroatoms. The molecular weight excluding hydrogens is 522 g/mol. The lowest BCUT2D eigenvalue weighted by Gasteiger charge is -2.22. The van der Waals surface area contributed by atoms with E-state index in [0.29, 0.717) is 35.5 Å². The highest BCUT2D eigenvalue weighted by molar-refractivity contribution is 5.82. The van der Waals surface area contributed by atoms with E-state index in [0.717, 1.165) is 85.8 Å². The number of likely N-dealkylation sites (N-methyl/N-ethyl adjacent to an activating group) is 1. The Morgan fingerprint density at radius 2 is 1.76 bits per heavy atom. The van der Waals surface area contributed by atoms with Gasteiger partial charge in [-0.1, -0.05) is 18.2 Å². The van der Waals surface area contributed by atoms with Gasteiger partial charge in [-0.25, -0.2) is 4.98 Å². The first kappa shape index (κ1) is 27.2. The minimum Gasteiger partial charge on any atom is -0.324 e. The average Bonchev–Trinajstić information content (AvgIpc) is 3.72. The van der Waals surface area contributed by atoms with Crippen LogP contribution in [0.25, 0.3) is 22.2 Å². The Kier molecular flexibility index (Phi) is 7.50. The third kappa shape index (κ3) is 5.83. The van der Waals surface area contributed by atoms with Crippen molar-refractivity contribution in [3.8, 4) is 11.1 Å². The number of anilines is 2. The minimum absolute atomic E-state index is 0.000402. The summed E-state index contributed by atoms with van der Waals surface area (Å²) in [5, 5.41) is 7.69. The number of likely N-dealkylation sites (tertiary alicyclic amines) is 1. The first-order valence-corrected chi connectivity index (χ1v) is 15.6. The molecule has 1 aliphatic carbocycles. The second-order valence-corrected chi connectivity index (χ2v) is 12.7. The van der Waals surface area contributed by atoms with E-state index >= 15 is 0 Å². The molecule has 42 heavy (non-hydrogen) atoms. The van der Waals surface area contributed by atoms with E-state index in [-0.39, 0.29) is 5.56 Å². The second kappa shape index (κ2) is 11.6. The number of fused-ring (bicyclic) bond motifs is 1. The quantitative estimate of drug-likeness (QED) is 0.302. The van der Waals surface area contributed by atoms with Crippen LogP contribution in [0.4, 0.5) is 11.6 Å². The van der Waals surface area contributed by atoms with Gasteiger partial charge in [-0.3, -0.25) is 14.3 Å². The van der Waals surface area contributed by atoms with E-state index in [1.54, 1.807) is 0 Å². The third-order valence-electron chi connectivity index (χ3n) is 9.37. The van der Waals surface area contributed by atoms with Crippen molar-refractivity contribution in [1.29, 1.82) is 0 Å². The van der Waals surface area contributed by atoms with E-state index in [2.05, 4.69) is 64.0 Å². The Labute approximate surface area is 247 Å². The maximum absolute atomic E-state index is 14.0. The standard InChI is InChI=1S/C34H41N7O/c1-22-29(9-10-31(37-22)26-13-16-40(2)21-26)30-18-27-19-36-34(39-32(27)41(33(30)42)20-25-3-4-25)38-28-7-5-23(6-8-28)17-24-11-14-35-15-12-24/h5-10,18-19,24-26,35H,3-4,11-17,20-21H2,1-2H3,(H,36,38,39). The van der Waals surface area contributed by atoms with Crippen LogP contribution < -0.4 is 16.2 Å². The Morgan fingerprint density at radius 3 is 2.48 bits per heavy atom. The summed E-state index contributed by atoms with van der Waals surface area (Å²) in [6.07, 6.45) is 8.90. The number of aromatic nitrogens is 4. The molecule has 1 saturated carbocycles. The zero-order valence-corrected chi connectivity index (χ0v) is 24.8. The maximum Gasteiger partial charge on any atom is 0.260 e. The number of pyridine rings is 2. The Balaban J connectivity index is 1.17. The topological polar surface area (TPSA) is 88.0 Å². The summed E-state index contributed by atoms with van der Waals surface area (Å²) < 4.78 is 1.87. The van der Waals surface area contributed by atoms with Gasteiger partial charge in [0.2, 0.25) is 5.95 Å². The lowest BCUT2D eigenvalue weighted by atomic mass is 9.91. The summed E-state index contributed by atoms with van der Waals surface area (Å²) in [5.41, 5.74) is 6.60. The molecular formula is C34H41N7O. The van der Waals surface area contributed by atoms with Gasteiger partial charge in [-0.15, -0.1) is 0 Å². The SMILES string of the molecule is Cc1nc(C2CCN(C)C2)ccc1-c1cc2cnc(Nc3ccc(CC4CCNCC4)cc3)nc2n(CC2CC2)c1=O. The molecule has 218 valence electrons. The highest BCUT2D eigenvalue weighted by Crippen LogP contribution is 2.33. The molecule has 4 aromatic rings. The summed E-state index contributed by atoms with van der Waals surface area (Å²) in [5.74, 6) is 2.25. The molecule has 2 aliphatic heterocycles. The number of rotatable bonds is 8. The van der Waals surface area contributed by atoms with Crippen LogP contribution in [0.5, 0.6) is 0 Å². The lowest BCUT2D eigenvalue weighted by molar-refractivity contribution is 0.372. The van der Waals surface area contributed by atoms with Gasteiger partial charge < -0.3 is 15.5 Å². The fourth-order valence-corrected chi connectivity index (χ4v) is 6.68. The molecule has 8 nitrogen and oxygen atoms in total. The Hall–Kier alpha value is -3.62. The van der Waals surface area contributed by atoms with Crippen LogP contribution in [-0.2, 0) is 13.0 Å². The van der Waals surface area contributed by atoms with Crippen molar-refractivity contribution in [3.63, 3.8) is 0 Å². The fraction of sp³-hybridized carbons (Fsp3) is 0.471. The van der Waals surface area contributed by atoms with Crippen molar-refractivity contribution in [2.75, 3.05) is 38.5 Å². The molecule has 0 amide bonds. The van der Waals surface area contributed by atoms with Crippen LogP contribution >= 0.6 is 0 Å². The number of nitrogens with one attached hydrogen (secondary N) is 2. The highest BCUT2D eigenvalue weighted by Gasteiger charge is 2.26. The molecule has 0 bridgehead atoms. The van der Waals surface area contributed by atoms with Crippen molar-refractivity contribution in [2.24, 2.45) is 11.8 Å². The van der Waals surface area contributed by atoms with E-state index in [1.165, 1.54) is 18.4 Å². The lowest BCUT2D eigenvalue weighted by Crippen LogP contribution is -2.28. The molecule has 1 aromatic carbocycles. The molecule has 2 N–H and O–H groups in total. The molecule has 0 spiro atoms. The molecule has 0 radical (unpaired) electrons. The monoisotopic (exact) mass is 563 g/mol. The number of nitrogens with zero attached hydrogens (tertiary/aromatic N) is 5. The molecule has 1 atom stereocenters. The summed E-state index contributed by atoms with van der Waals surface area (Å²) >= 11 is 0. The molecule has 3 fully saturated rings. The number of benzene rings is 1. The molecule has 3 aliphatic rings. The van der Waals surface area contributed by atoms with Crippen molar-refractivity contribution in [1.82, 2.24) is 29.7 Å². The van der Waals surface area contributed by atoms with Gasteiger partial charge in [0, 0.05) is 58.8 Å². The fourth-order valence-electron chi connectivity index (χ4n) is 6.68. The Morgan fingerprint density at radius 1 is 0.952 bits per heavy atom. The Bertz CT molecular complexity index is 1640. The summed E-state index contributed by atoms with van der Waals surface area (Å²) in [6.45, 7) is 7.09. The van der Waals surface area contributed by atoms with Crippen molar-refractivity contribution in [3.05, 3.63) is 76.0 Å². The first-order valence-electron chi connectivity index (χ1n) is 15.6. The van der Waals surface area contributed by atoms with Gasteiger partial charge in [-0.05, 0) is 114 Å². The predicted molar refractivity (Wildman–Crippen MR) is 168 cm³/mol. The molecule has 1 unspecified atom stereocenters. The van der Waals surface area contributed by atoms with Crippen LogP contribution in [0.15, 0.2) is 53.5 Å². The summed E-state index contributed by atoms with van der Waals surface area (Å²) in [6, 6.07) is 14.8. The average molecular weight is 564 g/mol. The number of piperidine rings is 1. The van der Waals surface area contributed by atoms with E-state index in [9.17, 15) is 4.79 Å². The van der Waals surface area contributed by atoms with Gasteiger partial charge in [0.15, 0.2) is 0 Å². The summed E-state index contributed by atoms with van der Waals surface area (Å²) in [4.78, 5) is 30.8. The maximum atomic E-state index is 14.0. The van der Waals surface area contributed by atoms with Gasteiger partial charge in [0.1, 0.15) is 5.65 Å². The highest BCUT2D eigenvalue weighted by atomic mass is 16.1. The predicted octanol–water partition coefficient (Wildman–Crippen LogP) is 5.28. The first-order chi connectivity index (χ1) is 20.5. The molecule has 7 rings (SSSR count). The van der Waals surface area contributed by atoms with Gasteiger partial charge in [-0.2, -0.15) is 4.98 Å². The van der Waals surface area contributed by atoms with Gasteiger partial charge in [0.25, 0.3) is 5.56 Å². The zero-order valence-electron chi connectivity index (χ0n) is 24.8. The minimum atomic E-state index is -0.000402. The van der Waals surface area contributed by atoms with E-state index in [4.69, 9.17) is 9.97 Å². The largest absolute Gasteiger partial charge is 0.324 e. The van der Waals surface area contributed by atoms with Crippen molar-refractivity contribution in [2.45, 2.75) is 57.9 Å². The van der Waals surface area contributed by atoms with E-state index < -0.39 is 0 Å². The van der Waals surface area contributed by atoms with Crippen LogP contribution in [0.1, 0.15) is 55.0 Å². The number of hydrogen-bond donors (Lipinski definition) is 2. The second-order valence-electron chi connectivity index (χ2n) is 12.7. The van der Waals surface area contributed by atoms with Crippen LogP contribution in [0.3, 0.4) is 0 Å².